The van der Waals surface area contributed by atoms with E-state index in [4.69, 9.17) is 4.52 Å². The molecule has 0 aliphatic carbocycles. The van der Waals surface area contributed by atoms with Crippen molar-refractivity contribution in [3.63, 3.8) is 0 Å². The number of pyridine rings is 1. The molecule has 7 nitrogen and oxygen atoms in total. The van der Waals surface area contributed by atoms with E-state index in [1.807, 2.05) is 48.5 Å². The predicted molar refractivity (Wildman–Crippen MR) is 86.9 cm³/mol. The van der Waals surface area contributed by atoms with Crippen molar-refractivity contribution in [1.82, 2.24) is 25.8 Å². The van der Waals surface area contributed by atoms with Crippen LogP contribution in [0.4, 0.5) is 4.79 Å². The SMILES string of the molecule is O=C(NCc1ccccn1)NCc1nc(Cc2ccccc2)no1. The first kappa shape index (κ1) is 15.7. The normalized spacial score (nSPS) is 10.3. The molecule has 0 aliphatic heterocycles. The average molecular weight is 323 g/mol. The first-order valence-electron chi connectivity index (χ1n) is 7.56. The van der Waals surface area contributed by atoms with Gasteiger partial charge in [0.2, 0.25) is 5.89 Å². The number of aromatic nitrogens is 3. The maximum atomic E-state index is 11.7. The van der Waals surface area contributed by atoms with Gasteiger partial charge in [0, 0.05) is 12.6 Å². The summed E-state index contributed by atoms with van der Waals surface area (Å²) in [6.07, 6.45) is 2.28. The number of amides is 2. The first-order chi connectivity index (χ1) is 11.8. The lowest BCUT2D eigenvalue weighted by atomic mass is 10.1. The van der Waals surface area contributed by atoms with E-state index in [-0.39, 0.29) is 12.6 Å². The minimum absolute atomic E-state index is 0.176. The molecule has 0 saturated heterocycles. The summed E-state index contributed by atoms with van der Waals surface area (Å²) in [4.78, 5) is 20.1. The van der Waals surface area contributed by atoms with E-state index in [9.17, 15) is 4.79 Å². The fraction of sp³-hybridized carbons (Fsp3) is 0.176. The third-order valence-corrected chi connectivity index (χ3v) is 3.27. The summed E-state index contributed by atoms with van der Waals surface area (Å²) < 4.78 is 5.13. The molecule has 0 aliphatic rings. The number of hydrogen-bond donors (Lipinski definition) is 2. The van der Waals surface area contributed by atoms with Crippen molar-refractivity contribution in [2.45, 2.75) is 19.5 Å². The van der Waals surface area contributed by atoms with Crippen LogP contribution in [0.1, 0.15) is 23.0 Å². The van der Waals surface area contributed by atoms with E-state index in [1.54, 1.807) is 6.20 Å². The van der Waals surface area contributed by atoms with Gasteiger partial charge in [-0.25, -0.2) is 4.79 Å². The molecule has 2 heterocycles. The lowest BCUT2D eigenvalue weighted by Gasteiger charge is -2.04. The molecule has 0 spiro atoms. The summed E-state index contributed by atoms with van der Waals surface area (Å²) in [6, 6.07) is 15.1. The highest BCUT2D eigenvalue weighted by atomic mass is 16.5. The van der Waals surface area contributed by atoms with Gasteiger partial charge >= 0.3 is 6.03 Å². The zero-order chi connectivity index (χ0) is 16.6. The predicted octanol–water partition coefficient (Wildman–Crippen LogP) is 2.05. The highest BCUT2D eigenvalue weighted by Gasteiger charge is 2.08. The van der Waals surface area contributed by atoms with Gasteiger partial charge in [0.15, 0.2) is 5.82 Å². The Labute approximate surface area is 139 Å². The average Bonchev–Trinajstić information content (AvgIpc) is 3.07. The van der Waals surface area contributed by atoms with Crippen LogP contribution in [0.3, 0.4) is 0 Å². The number of benzene rings is 1. The fourth-order valence-corrected chi connectivity index (χ4v) is 2.10. The van der Waals surface area contributed by atoms with Gasteiger partial charge in [-0.15, -0.1) is 0 Å². The van der Waals surface area contributed by atoms with E-state index < -0.39 is 0 Å². The second kappa shape index (κ2) is 7.87. The minimum Gasteiger partial charge on any atom is -0.337 e. The van der Waals surface area contributed by atoms with Crippen LogP contribution in [0.15, 0.2) is 59.3 Å². The van der Waals surface area contributed by atoms with Crippen molar-refractivity contribution in [1.29, 1.82) is 0 Å². The summed E-state index contributed by atoms with van der Waals surface area (Å²) >= 11 is 0. The Bertz CT molecular complexity index is 774. The smallest absolute Gasteiger partial charge is 0.315 e. The molecule has 3 aromatic rings. The molecule has 0 bridgehead atoms. The number of carbonyl (C=O) groups is 1. The van der Waals surface area contributed by atoms with Gasteiger partial charge in [-0.1, -0.05) is 41.6 Å². The molecule has 0 radical (unpaired) electrons. The molecule has 2 N–H and O–H groups in total. The topological polar surface area (TPSA) is 92.9 Å². The van der Waals surface area contributed by atoms with Crippen LogP contribution < -0.4 is 10.6 Å². The van der Waals surface area contributed by atoms with Crippen molar-refractivity contribution in [3.05, 3.63) is 77.7 Å². The van der Waals surface area contributed by atoms with Gasteiger partial charge in [0.05, 0.1) is 18.8 Å². The number of carbonyl (C=O) groups excluding carboxylic acids is 1. The second-order valence-electron chi connectivity index (χ2n) is 5.12. The van der Waals surface area contributed by atoms with Crippen LogP contribution in [0.25, 0.3) is 0 Å². The molecular formula is C17H17N5O2. The Morgan fingerprint density at radius 3 is 2.58 bits per heavy atom. The summed E-state index contributed by atoms with van der Waals surface area (Å²) in [6.45, 7) is 0.533. The Morgan fingerprint density at radius 1 is 1.00 bits per heavy atom. The molecule has 0 unspecified atom stereocenters. The van der Waals surface area contributed by atoms with Gasteiger partial charge in [-0.2, -0.15) is 4.98 Å². The van der Waals surface area contributed by atoms with E-state index >= 15 is 0 Å². The van der Waals surface area contributed by atoms with Crippen LogP contribution in [-0.4, -0.2) is 21.2 Å². The molecule has 2 aromatic heterocycles. The number of rotatable bonds is 6. The summed E-state index contributed by atoms with van der Waals surface area (Å²) in [5.74, 6) is 0.959. The maximum Gasteiger partial charge on any atom is 0.315 e. The zero-order valence-corrected chi connectivity index (χ0v) is 13.0. The van der Waals surface area contributed by atoms with Gasteiger partial charge in [0.1, 0.15) is 0 Å². The van der Waals surface area contributed by atoms with Crippen molar-refractivity contribution >= 4 is 6.03 Å². The Balaban J connectivity index is 1.44. The first-order valence-corrected chi connectivity index (χ1v) is 7.56. The third kappa shape index (κ3) is 4.64. The standard InChI is InChI=1S/C17H17N5O2/c23-17(19-11-14-8-4-5-9-18-14)20-12-16-21-15(22-24-16)10-13-6-2-1-3-7-13/h1-9H,10-12H2,(H2,19,20,23). The number of urea groups is 1. The summed E-state index contributed by atoms with van der Waals surface area (Å²) in [5, 5.41) is 9.30. The van der Waals surface area contributed by atoms with Gasteiger partial charge in [-0.05, 0) is 17.7 Å². The van der Waals surface area contributed by atoms with E-state index in [2.05, 4.69) is 25.8 Å². The summed E-state index contributed by atoms with van der Waals surface area (Å²) in [5.41, 5.74) is 1.89. The fourth-order valence-electron chi connectivity index (χ4n) is 2.10. The van der Waals surface area contributed by atoms with Crippen LogP contribution >= 0.6 is 0 Å². The van der Waals surface area contributed by atoms with Crippen molar-refractivity contribution < 1.29 is 9.32 Å². The van der Waals surface area contributed by atoms with Gasteiger partial charge in [-0.3, -0.25) is 4.98 Å². The van der Waals surface area contributed by atoms with Crippen molar-refractivity contribution in [2.75, 3.05) is 0 Å². The maximum absolute atomic E-state index is 11.7. The number of nitrogens with zero attached hydrogens (tertiary/aromatic N) is 3. The largest absolute Gasteiger partial charge is 0.337 e. The van der Waals surface area contributed by atoms with Crippen LogP contribution in [0.5, 0.6) is 0 Å². The Hall–Kier alpha value is -3.22. The monoisotopic (exact) mass is 323 g/mol. The van der Waals surface area contributed by atoms with Crippen molar-refractivity contribution in [2.24, 2.45) is 0 Å². The van der Waals surface area contributed by atoms with Gasteiger partial charge < -0.3 is 15.2 Å². The quantitative estimate of drug-likeness (QED) is 0.724. The highest BCUT2D eigenvalue weighted by Crippen LogP contribution is 2.06. The summed E-state index contributed by atoms with van der Waals surface area (Å²) in [7, 11) is 0. The molecule has 0 fully saturated rings. The minimum atomic E-state index is -0.316. The molecule has 1 aromatic carbocycles. The second-order valence-corrected chi connectivity index (χ2v) is 5.12. The zero-order valence-electron chi connectivity index (χ0n) is 13.0. The van der Waals surface area contributed by atoms with Crippen LogP contribution in [0, 0.1) is 0 Å². The molecular weight excluding hydrogens is 306 g/mol. The molecule has 0 saturated carbocycles. The number of hydrogen-bond acceptors (Lipinski definition) is 5. The lowest BCUT2D eigenvalue weighted by molar-refractivity contribution is 0.238. The van der Waals surface area contributed by atoms with E-state index in [0.29, 0.717) is 24.7 Å². The molecule has 0 atom stereocenters. The lowest BCUT2D eigenvalue weighted by Crippen LogP contribution is -2.34. The molecule has 7 heteroatoms. The third-order valence-electron chi connectivity index (χ3n) is 3.27. The molecule has 24 heavy (non-hydrogen) atoms. The van der Waals surface area contributed by atoms with E-state index in [0.717, 1.165) is 11.3 Å². The van der Waals surface area contributed by atoms with Gasteiger partial charge in [0.25, 0.3) is 0 Å². The van der Waals surface area contributed by atoms with E-state index in [1.165, 1.54) is 0 Å². The Morgan fingerprint density at radius 2 is 1.79 bits per heavy atom. The highest BCUT2D eigenvalue weighted by molar-refractivity contribution is 5.73. The van der Waals surface area contributed by atoms with Crippen LogP contribution in [-0.2, 0) is 19.5 Å². The van der Waals surface area contributed by atoms with Crippen LogP contribution in [0.2, 0.25) is 0 Å². The van der Waals surface area contributed by atoms with Crippen molar-refractivity contribution in [3.8, 4) is 0 Å². The molecule has 122 valence electrons. The number of nitrogens with one attached hydrogen (secondary N) is 2. The molecule has 2 amide bonds. The molecule has 3 rings (SSSR count). The Kier molecular flexibility index (Phi) is 5.14.